The Morgan fingerprint density at radius 1 is 1.21 bits per heavy atom. The highest BCUT2D eigenvalue weighted by Gasteiger charge is 2.17. The monoisotopic (exact) mass is 262 g/mol. The number of nitrogens with zero attached hydrogens (tertiary/aromatic N) is 1. The van der Waals surface area contributed by atoms with Crippen molar-refractivity contribution in [3.05, 3.63) is 29.3 Å². The van der Waals surface area contributed by atoms with Gasteiger partial charge in [-0.15, -0.1) is 0 Å². The van der Waals surface area contributed by atoms with Gasteiger partial charge >= 0.3 is 0 Å². The van der Waals surface area contributed by atoms with E-state index in [1.54, 1.807) is 0 Å². The van der Waals surface area contributed by atoms with E-state index in [9.17, 15) is 0 Å². The average molecular weight is 262 g/mol. The Bertz CT molecular complexity index is 379. The highest BCUT2D eigenvalue weighted by molar-refractivity contribution is 5.39. The normalized spacial score (nSPS) is 16.8. The molecule has 0 spiro atoms. The van der Waals surface area contributed by atoms with E-state index in [-0.39, 0.29) is 0 Å². The van der Waals surface area contributed by atoms with Crippen molar-refractivity contribution in [1.82, 2.24) is 10.2 Å². The third-order valence-corrected chi connectivity index (χ3v) is 4.03. The summed E-state index contributed by atoms with van der Waals surface area (Å²) in [7, 11) is 2.21. The van der Waals surface area contributed by atoms with E-state index in [1.807, 2.05) is 0 Å². The minimum Gasteiger partial charge on any atom is -0.492 e. The van der Waals surface area contributed by atoms with Crippen LogP contribution in [0.3, 0.4) is 0 Å². The van der Waals surface area contributed by atoms with Crippen LogP contribution in [0.5, 0.6) is 5.75 Å². The maximum atomic E-state index is 5.97. The first-order chi connectivity index (χ1) is 9.18. The minimum atomic E-state index is 0.711. The molecule has 1 aliphatic heterocycles. The van der Waals surface area contributed by atoms with E-state index >= 15 is 0 Å². The molecule has 0 unspecified atom stereocenters. The van der Waals surface area contributed by atoms with Gasteiger partial charge in [-0.3, -0.25) is 4.90 Å². The van der Waals surface area contributed by atoms with Crippen molar-refractivity contribution in [3.8, 4) is 5.75 Å². The Hall–Kier alpha value is -1.06. The van der Waals surface area contributed by atoms with Gasteiger partial charge in [-0.05, 0) is 58.0 Å². The third-order valence-electron chi connectivity index (χ3n) is 4.03. The Kier molecular flexibility index (Phi) is 5.23. The lowest BCUT2D eigenvalue weighted by Gasteiger charge is -2.31. The molecule has 0 aromatic heterocycles. The molecular formula is C16H26N2O. The van der Waals surface area contributed by atoms with Gasteiger partial charge in [0.1, 0.15) is 12.4 Å². The van der Waals surface area contributed by atoms with Crippen molar-refractivity contribution in [2.24, 2.45) is 0 Å². The second kappa shape index (κ2) is 6.92. The van der Waals surface area contributed by atoms with Crippen LogP contribution in [0.25, 0.3) is 0 Å². The summed E-state index contributed by atoms with van der Waals surface area (Å²) in [5.74, 6) is 1.06. The molecule has 0 radical (unpaired) electrons. The van der Waals surface area contributed by atoms with Crippen LogP contribution in [0.2, 0.25) is 0 Å². The van der Waals surface area contributed by atoms with Crippen LogP contribution >= 0.6 is 0 Å². The van der Waals surface area contributed by atoms with Crippen LogP contribution < -0.4 is 10.1 Å². The van der Waals surface area contributed by atoms with Crippen LogP contribution in [0, 0.1) is 13.8 Å². The van der Waals surface area contributed by atoms with Crippen molar-refractivity contribution in [2.75, 3.05) is 33.3 Å². The summed E-state index contributed by atoms with van der Waals surface area (Å²) in [4.78, 5) is 2.44. The molecule has 19 heavy (non-hydrogen) atoms. The van der Waals surface area contributed by atoms with Gasteiger partial charge in [-0.1, -0.05) is 18.2 Å². The lowest BCUT2D eigenvalue weighted by atomic mass is 10.1. The van der Waals surface area contributed by atoms with Crippen molar-refractivity contribution >= 4 is 0 Å². The zero-order chi connectivity index (χ0) is 13.7. The molecule has 3 nitrogen and oxygen atoms in total. The van der Waals surface area contributed by atoms with Crippen LogP contribution in [0.15, 0.2) is 18.2 Å². The Balaban J connectivity index is 1.79. The molecule has 1 saturated heterocycles. The molecule has 0 aliphatic carbocycles. The molecule has 0 bridgehead atoms. The van der Waals surface area contributed by atoms with E-state index in [0.29, 0.717) is 6.04 Å². The van der Waals surface area contributed by atoms with E-state index in [1.165, 1.54) is 24.0 Å². The van der Waals surface area contributed by atoms with Gasteiger partial charge in [-0.2, -0.15) is 0 Å². The number of hydrogen-bond donors (Lipinski definition) is 1. The van der Waals surface area contributed by atoms with Crippen LogP contribution in [-0.4, -0.2) is 44.2 Å². The number of hydrogen-bond acceptors (Lipinski definition) is 3. The molecule has 1 fully saturated rings. The standard InChI is InChI=1S/C16H26N2O/c1-13-5-4-6-14(2)16(13)19-12-11-18(3)15-7-9-17-10-8-15/h4-6,15,17H,7-12H2,1-3H3. The molecule has 3 heteroatoms. The number of para-hydroxylation sites is 1. The smallest absolute Gasteiger partial charge is 0.125 e. The van der Waals surface area contributed by atoms with E-state index < -0.39 is 0 Å². The fraction of sp³-hybridized carbons (Fsp3) is 0.625. The highest BCUT2D eigenvalue weighted by atomic mass is 16.5. The first kappa shape index (κ1) is 14.4. The minimum absolute atomic E-state index is 0.711. The van der Waals surface area contributed by atoms with E-state index in [4.69, 9.17) is 4.74 Å². The topological polar surface area (TPSA) is 24.5 Å². The lowest BCUT2D eigenvalue weighted by molar-refractivity contribution is 0.164. The van der Waals surface area contributed by atoms with Crippen LogP contribution in [0.4, 0.5) is 0 Å². The van der Waals surface area contributed by atoms with Crippen molar-refractivity contribution in [2.45, 2.75) is 32.7 Å². The van der Waals surface area contributed by atoms with Gasteiger partial charge in [0.05, 0.1) is 0 Å². The van der Waals surface area contributed by atoms with Crippen LogP contribution in [0.1, 0.15) is 24.0 Å². The summed E-state index contributed by atoms with van der Waals surface area (Å²) in [5.41, 5.74) is 2.45. The second-order valence-electron chi connectivity index (χ2n) is 5.53. The molecule has 0 saturated carbocycles. The summed E-state index contributed by atoms with van der Waals surface area (Å²) < 4.78 is 5.97. The fourth-order valence-corrected chi connectivity index (χ4v) is 2.75. The molecule has 0 atom stereocenters. The first-order valence-electron chi connectivity index (χ1n) is 7.28. The molecule has 1 aliphatic rings. The molecule has 1 aromatic carbocycles. The van der Waals surface area contributed by atoms with Crippen LogP contribution in [-0.2, 0) is 0 Å². The van der Waals surface area contributed by atoms with Crippen molar-refractivity contribution < 1.29 is 4.74 Å². The second-order valence-corrected chi connectivity index (χ2v) is 5.53. The van der Waals surface area contributed by atoms with E-state index in [2.05, 4.69) is 49.3 Å². The van der Waals surface area contributed by atoms with Gasteiger partial charge < -0.3 is 10.1 Å². The molecule has 2 rings (SSSR count). The van der Waals surface area contributed by atoms with Crippen molar-refractivity contribution in [1.29, 1.82) is 0 Å². The number of nitrogens with one attached hydrogen (secondary N) is 1. The SMILES string of the molecule is Cc1cccc(C)c1OCCN(C)C1CCNCC1. The summed E-state index contributed by atoms with van der Waals surface area (Å²) in [5, 5.41) is 3.41. The number of piperidine rings is 1. The summed E-state index contributed by atoms with van der Waals surface area (Å²) in [6.07, 6.45) is 2.50. The molecule has 0 amide bonds. The Morgan fingerprint density at radius 2 is 1.84 bits per heavy atom. The number of aryl methyl sites for hydroxylation is 2. The predicted molar refractivity (Wildman–Crippen MR) is 79.9 cm³/mol. The quantitative estimate of drug-likeness (QED) is 0.881. The Morgan fingerprint density at radius 3 is 2.47 bits per heavy atom. The lowest BCUT2D eigenvalue weighted by Crippen LogP contribution is -2.42. The maximum absolute atomic E-state index is 5.97. The first-order valence-corrected chi connectivity index (χ1v) is 7.28. The van der Waals surface area contributed by atoms with Gasteiger partial charge in [0.25, 0.3) is 0 Å². The largest absolute Gasteiger partial charge is 0.492 e. The number of rotatable bonds is 5. The molecular weight excluding hydrogens is 236 g/mol. The van der Waals surface area contributed by atoms with Gasteiger partial charge in [0, 0.05) is 12.6 Å². The zero-order valence-corrected chi connectivity index (χ0v) is 12.4. The number of ether oxygens (including phenoxy) is 1. The fourth-order valence-electron chi connectivity index (χ4n) is 2.75. The van der Waals surface area contributed by atoms with Gasteiger partial charge in [0.2, 0.25) is 0 Å². The molecule has 1 aromatic rings. The summed E-state index contributed by atoms with van der Waals surface area (Å²) >= 11 is 0. The number of benzene rings is 1. The van der Waals surface area contributed by atoms with Gasteiger partial charge in [0.15, 0.2) is 0 Å². The average Bonchev–Trinajstić information content (AvgIpc) is 2.43. The van der Waals surface area contributed by atoms with Crippen molar-refractivity contribution in [3.63, 3.8) is 0 Å². The summed E-state index contributed by atoms with van der Waals surface area (Å²) in [6, 6.07) is 7.01. The summed E-state index contributed by atoms with van der Waals surface area (Å²) in [6.45, 7) is 8.28. The third kappa shape index (κ3) is 3.95. The number of likely N-dealkylation sites (N-methyl/N-ethyl adjacent to an activating group) is 1. The molecule has 106 valence electrons. The predicted octanol–water partition coefficient (Wildman–Crippen LogP) is 2.37. The Labute approximate surface area is 116 Å². The van der Waals surface area contributed by atoms with E-state index in [0.717, 1.165) is 32.0 Å². The highest BCUT2D eigenvalue weighted by Crippen LogP contribution is 2.22. The maximum Gasteiger partial charge on any atom is 0.125 e. The molecule has 1 N–H and O–H groups in total. The molecule has 1 heterocycles. The zero-order valence-electron chi connectivity index (χ0n) is 12.4. The van der Waals surface area contributed by atoms with Gasteiger partial charge in [-0.25, -0.2) is 0 Å².